The van der Waals surface area contributed by atoms with E-state index in [9.17, 15) is 9.59 Å². The first-order valence-corrected chi connectivity index (χ1v) is 10.7. The van der Waals surface area contributed by atoms with E-state index in [1.165, 1.54) is 10.4 Å². The number of aryl methyl sites for hydroxylation is 2. The highest BCUT2D eigenvalue weighted by molar-refractivity contribution is 7.14. The lowest BCUT2D eigenvalue weighted by atomic mass is 10.1. The Morgan fingerprint density at radius 1 is 1.14 bits per heavy atom. The molecule has 6 heteroatoms. The van der Waals surface area contributed by atoms with Gasteiger partial charge in [0, 0.05) is 11.4 Å². The van der Waals surface area contributed by atoms with Gasteiger partial charge in [-0.15, -0.1) is 11.3 Å². The van der Waals surface area contributed by atoms with Crippen molar-refractivity contribution in [2.24, 2.45) is 0 Å². The second kappa shape index (κ2) is 10.9. The molecule has 2 rings (SSSR count). The van der Waals surface area contributed by atoms with E-state index in [2.05, 4.69) is 19.2 Å². The molecule has 0 radical (unpaired) electrons. The molecule has 1 N–H and O–H groups in total. The van der Waals surface area contributed by atoms with Crippen molar-refractivity contribution < 1.29 is 14.3 Å². The third-order valence-electron chi connectivity index (χ3n) is 4.46. The Labute approximate surface area is 171 Å². The molecular formula is C22H30N2O3S. The number of nitrogens with one attached hydrogen (secondary N) is 1. The number of hydrogen-bond acceptors (Lipinski definition) is 4. The smallest absolute Gasteiger partial charge is 0.264 e. The highest BCUT2D eigenvalue weighted by Crippen LogP contribution is 2.26. The van der Waals surface area contributed by atoms with Gasteiger partial charge in [0.25, 0.3) is 5.91 Å². The molecule has 0 bridgehead atoms. The zero-order valence-electron chi connectivity index (χ0n) is 17.2. The zero-order chi connectivity index (χ0) is 20.5. The number of methoxy groups -OCH3 is 1. The highest BCUT2D eigenvalue weighted by Gasteiger charge is 2.22. The number of thiophene rings is 1. The molecule has 152 valence electrons. The van der Waals surface area contributed by atoms with Crippen molar-refractivity contribution in [3.63, 3.8) is 0 Å². The van der Waals surface area contributed by atoms with Crippen LogP contribution in [0, 0.1) is 0 Å². The van der Waals surface area contributed by atoms with Crippen LogP contribution < -0.4 is 10.1 Å². The molecule has 0 fully saturated rings. The molecule has 1 aromatic heterocycles. The van der Waals surface area contributed by atoms with E-state index in [4.69, 9.17) is 4.74 Å². The largest absolute Gasteiger partial charge is 0.495 e. The van der Waals surface area contributed by atoms with Crippen molar-refractivity contribution in [2.75, 3.05) is 25.5 Å². The maximum absolute atomic E-state index is 13.1. The number of carbonyl (C=O) groups is 2. The lowest BCUT2D eigenvalue weighted by Crippen LogP contribution is -2.38. The van der Waals surface area contributed by atoms with Crippen LogP contribution in [0.3, 0.4) is 0 Å². The van der Waals surface area contributed by atoms with E-state index < -0.39 is 0 Å². The Morgan fingerprint density at radius 2 is 1.89 bits per heavy atom. The lowest BCUT2D eigenvalue weighted by Gasteiger charge is -2.21. The van der Waals surface area contributed by atoms with Crippen LogP contribution in [0.25, 0.3) is 0 Å². The predicted octanol–water partition coefficient (Wildman–Crippen LogP) is 4.76. The van der Waals surface area contributed by atoms with Crippen LogP contribution in [-0.4, -0.2) is 36.9 Å². The van der Waals surface area contributed by atoms with Gasteiger partial charge in [-0.2, -0.15) is 0 Å². The minimum atomic E-state index is -0.229. The number of anilines is 1. The van der Waals surface area contributed by atoms with Crippen molar-refractivity contribution in [1.29, 1.82) is 0 Å². The second-order valence-electron chi connectivity index (χ2n) is 6.64. The van der Waals surface area contributed by atoms with E-state index in [0.29, 0.717) is 18.0 Å². The molecule has 0 aliphatic carbocycles. The van der Waals surface area contributed by atoms with Crippen molar-refractivity contribution in [3.05, 3.63) is 45.6 Å². The molecule has 0 atom stereocenters. The van der Waals surface area contributed by atoms with Crippen LogP contribution >= 0.6 is 11.3 Å². The number of hydrogen-bond donors (Lipinski definition) is 1. The van der Waals surface area contributed by atoms with Crippen LogP contribution in [0.2, 0.25) is 0 Å². The minimum Gasteiger partial charge on any atom is -0.495 e. The van der Waals surface area contributed by atoms with Gasteiger partial charge in [0.2, 0.25) is 5.91 Å². The summed E-state index contributed by atoms with van der Waals surface area (Å²) < 4.78 is 5.27. The van der Waals surface area contributed by atoms with E-state index >= 15 is 0 Å². The fraction of sp³-hybridized carbons (Fsp3) is 0.455. The summed E-state index contributed by atoms with van der Waals surface area (Å²) in [7, 11) is 1.56. The first-order valence-electron chi connectivity index (χ1n) is 9.87. The van der Waals surface area contributed by atoms with Gasteiger partial charge in [0.15, 0.2) is 0 Å². The third kappa shape index (κ3) is 5.58. The van der Waals surface area contributed by atoms with Gasteiger partial charge in [-0.05, 0) is 43.0 Å². The number of para-hydroxylation sites is 2. The molecule has 0 unspecified atom stereocenters. The van der Waals surface area contributed by atoms with Gasteiger partial charge in [0.1, 0.15) is 12.3 Å². The quantitative estimate of drug-likeness (QED) is 0.623. The average molecular weight is 403 g/mol. The highest BCUT2D eigenvalue weighted by atomic mass is 32.1. The third-order valence-corrected chi connectivity index (χ3v) is 5.69. The first kappa shape index (κ1) is 22.0. The molecule has 1 heterocycles. The fourth-order valence-electron chi connectivity index (χ4n) is 3.10. The topological polar surface area (TPSA) is 58.6 Å². The standard InChI is InChI=1S/C22H30N2O3S/c1-5-10-19-16(7-3)14-20(28-19)22(26)24(13-6-2)15-21(25)23-17-11-8-9-12-18(17)27-4/h8-9,11-12,14H,5-7,10,13,15H2,1-4H3,(H,23,25). The summed E-state index contributed by atoms with van der Waals surface area (Å²) in [5.74, 6) is 0.297. The summed E-state index contributed by atoms with van der Waals surface area (Å²) in [6, 6.07) is 9.25. The fourth-order valence-corrected chi connectivity index (χ4v) is 4.42. The van der Waals surface area contributed by atoms with Crippen LogP contribution in [0.15, 0.2) is 30.3 Å². The molecular weight excluding hydrogens is 372 g/mol. The molecule has 2 aromatic rings. The Balaban J connectivity index is 2.13. The number of ether oxygens (including phenoxy) is 1. The normalized spacial score (nSPS) is 10.6. The summed E-state index contributed by atoms with van der Waals surface area (Å²) in [6.45, 7) is 6.83. The molecule has 2 amide bonds. The summed E-state index contributed by atoms with van der Waals surface area (Å²) in [5.41, 5.74) is 1.85. The van der Waals surface area contributed by atoms with Crippen molar-refractivity contribution in [2.45, 2.75) is 46.5 Å². The van der Waals surface area contributed by atoms with E-state index in [1.54, 1.807) is 35.5 Å². The van der Waals surface area contributed by atoms with Gasteiger partial charge >= 0.3 is 0 Å². The lowest BCUT2D eigenvalue weighted by molar-refractivity contribution is -0.116. The molecule has 5 nitrogen and oxygen atoms in total. The predicted molar refractivity (Wildman–Crippen MR) is 116 cm³/mol. The average Bonchev–Trinajstić information content (AvgIpc) is 3.10. The summed E-state index contributed by atoms with van der Waals surface area (Å²) >= 11 is 1.57. The van der Waals surface area contributed by atoms with E-state index in [-0.39, 0.29) is 18.4 Å². The molecule has 0 spiro atoms. The Morgan fingerprint density at radius 3 is 2.54 bits per heavy atom. The van der Waals surface area contributed by atoms with Gasteiger partial charge in [-0.25, -0.2) is 0 Å². The second-order valence-corrected chi connectivity index (χ2v) is 7.77. The minimum absolute atomic E-state index is 0.0210. The summed E-state index contributed by atoms with van der Waals surface area (Å²) in [5, 5.41) is 2.85. The number of rotatable bonds is 10. The molecule has 1 aromatic carbocycles. The Bertz CT molecular complexity index is 801. The Hall–Kier alpha value is -2.34. The maximum atomic E-state index is 13.1. The monoisotopic (exact) mass is 402 g/mol. The van der Waals surface area contributed by atoms with Gasteiger partial charge in [0.05, 0.1) is 17.7 Å². The number of benzene rings is 1. The van der Waals surface area contributed by atoms with Gasteiger partial charge in [-0.3, -0.25) is 9.59 Å². The van der Waals surface area contributed by atoms with E-state index in [0.717, 1.165) is 30.6 Å². The molecule has 0 aliphatic heterocycles. The number of nitrogens with zero attached hydrogens (tertiary/aromatic N) is 1. The maximum Gasteiger partial charge on any atom is 0.264 e. The van der Waals surface area contributed by atoms with Crippen molar-refractivity contribution >= 4 is 28.8 Å². The van der Waals surface area contributed by atoms with Crippen LogP contribution in [0.1, 0.15) is 53.7 Å². The molecule has 0 aliphatic rings. The van der Waals surface area contributed by atoms with Crippen molar-refractivity contribution in [3.8, 4) is 5.75 Å². The van der Waals surface area contributed by atoms with E-state index in [1.807, 2.05) is 25.1 Å². The molecule has 0 saturated heterocycles. The molecule has 28 heavy (non-hydrogen) atoms. The Kier molecular flexibility index (Phi) is 8.51. The molecule has 0 saturated carbocycles. The number of carbonyl (C=O) groups excluding carboxylic acids is 2. The summed E-state index contributed by atoms with van der Waals surface area (Å²) in [6.07, 6.45) is 3.76. The summed E-state index contributed by atoms with van der Waals surface area (Å²) in [4.78, 5) is 29.3. The van der Waals surface area contributed by atoms with Gasteiger partial charge in [-0.1, -0.05) is 39.3 Å². The SMILES string of the molecule is CCCc1sc(C(=O)N(CCC)CC(=O)Nc2ccccc2OC)cc1CC. The van der Waals surface area contributed by atoms with Crippen LogP contribution in [0.5, 0.6) is 5.75 Å². The first-order chi connectivity index (χ1) is 13.5. The van der Waals surface area contributed by atoms with Crippen LogP contribution in [0.4, 0.5) is 5.69 Å². The van der Waals surface area contributed by atoms with Crippen molar-refractivity contribution in [1.82, 2.24) is 4.90 Å². The zero-order valence-corrected chi connectivity index (χ0v) is 18.0. The number of amides is 2. The van der Waals surface area contributed by atoms with Crippen LogP contribution in [-0.2, 0) is 17.6 Å². The van der Waals surface area contributed by atoms with Gasteiger partial charge < -0.3 is 15.0 Å².